The van der Waals surface area contributed by atoms with Crippen LogP contribution in [-0.4, -0.2) is 23.6 Å². The van der Waals surface area contributed by atoms with E-state index in [1.807, 2.05) is 0 Å². The molecular weight excluding hydrogens is 178 g/mol. The number of thioether (sulfide) groups is 1. The summed E-state index contributed by atoms with van der Waals surface area (Å²) in [6.45, 7) is 8.50. The van der Waals surface area contributed by atoms with Crippen LogP contribution >= 0.6 is 11.8 Å². The van der Waals surface area contributed by atoms with E-state index in [0.29, 0.717) is 10.8 Å². The first-order valence-corrected chi connectivity index (χ1v) is 6.02. The highest BCUT2D eigenvalue weighted by atomic mass is 32.2. The number of nitrogens with one attached hydrogen (secondary N) is 1. The summed E-state index contributed by atoms with van der Waals surface area (Å²) in [6, 6.07) is 0.595. The van der Waals surface area contributed by atoms with Gasteiger partial charge in [-0.15, -0.1) is 6.58 Å². The van der Waals surface area contributed by atoms with E-state index in [2.05, 4.69) is 44.6 Å². The predicted octanol–water partition coefficient (Wildman–Crippen LogP) is 2.83. The fourth-order valence-electron chi connectivity index (χ4n) is 2.05. The average Bonchev–Trinajstić information content (AvgIpc) is 2.48. The molecule has 2 unspecified atom stereocenters. The molecule has 0 aliphatic carbocycles. The molecule has 0 spiro atoms. The third-order valence-electron chi connectivity index (χ3n) is 2.89. The Labute approximate surface area is 86.4 Å². The van der Waals surface area contributed by atoms with Crippen molar-refractivity contribution in [3.8, 4) is 0 Å². The zero-order valence-corrected chi connectivity index (χ0v) is 9.84. The van der Waals surface area contributed by atoms with Crippen molar-refractivity contribution in [1.29, 1.82) is 0 Å². The Kier molecular flexibility index (Phi) is 3.87. The van der Waals surface area contributed by atoms with E-state index < -0.39 is 0 Å². The highest BCUT2D eigenvalue weighted by Gasteiger charge is 2.36. The van der Waals surface area contributed by atoms with Crippen LogP contribution in [0.15, 0.2) is 12.2 Å². The van der Waals surface area contributed by atoms with Crippen molar-refractivity contribution in [3.63, 3.8) is 0 Å². The van der Waals surface area contributed by atoms with Gasteiger partial charge in [-0.1, -0.05) is 5.57 Å². The predicted molar refractivity (Wildman–Crippen MR) is 62.4 cm³/mol. The highest BCUT2D eigenvalue weighted by molar-refractivity contribution is 8.00. The van der Waals surface area contributed by atoms with Gasteiger partial charge < -0.3 is 5.32 Å². The molecule has 76 valence electrons. The standard InChI is InChI=1S/C11H21NS/c1-9(2)8-10(12-4)11(3)6-5-7-13-11/h10,12H,1,5-8H2,2-4H3. The molecule has 2 heteroatoms. The summed E-state index contributed by atoms with van der Waals surface area (Å²) in [5.74, 6) is 1.32. The van der Waals surface area contributed by atoms with Crippen molar-refractivity contribution in [2.45, 2.75) is 43.9 Å². The lowest BCUT2D eigenvalue weighted by Gasteiger charge is -2.33. The van der Waals surface area contributed by atoms with Gasteiger partial charge in [-0.05, 0) is 45.9 Å². The van der Waals surface area contributed by atoms with Crippen molar-refractivity contribution in [2.75, 3.05) is 12.8 Å². The highest BCUT2D eigenvalue weighted by Crippen LogP contribution is 2.41. The van der Waals surface area contributed by atoms with E-state index in [-0.39, 0.29) is 0 Å². The van der Waals surface area contributed by atoms with E-state index >= 15 is 0 Å². The summed E-state index contributed by atoms with van der Waals surface area (Å²) in [6.07, 6.45) is 3.83. The second-order valence-corrected chi connectivity index (χ2v) is 5.90. The molecule has 1 heterocycles. The third-order valence-corrected chi connectivity index (χ3v) is 4.53. The Hall–Kier alpha value is 0.0500. The van der Waals surface area contributed by atoms with Gasteiger partial charge in [0.05, 0.1) is 0 Å². The number of hydrogen-bond acceptors (Lipinski definition) is 2. The molecule has 1 fully saturated rings. The average molecular weight is 199 g/mol. The van der Waals surface area contributed by atoms with Crippen LogP contribution in [0.25, 0.3) is 0 Å². The smallest absolute Gasteiger partial charge is 0.0288 e. The van der Waals surface area contributed by atoms with Crippen molar-refractivity contribution < 1.29 is 0 Å². The Morgan fingerprint density at radius 2 is 2.38 bits per heavy atom. The van der Waals surface area contributed by atoms with Gasteiger partial charge in [0.2, 0.25) is 0 Å². The summed E-state index contributed by atoms with van der Waals surface area (Å²) >= 11 is 2.12. The van der Waals surface area contributed by atoms with Gasteiger partial charge in [0.1, 0.15) is 0 Å². The summed E-state index contributed by atoms with van der Waals surface area (Å²) in [7, 11) is 2.07. The largest absolute Gasteiger partial charge is 0.315 e. The maximum absolute atomic E-state index is 4.00. The Bertz CT molecular complexity index is 183. The Balaban J connectivity index is 2.58. The number of rotatable bonds is 4. The van der Waals surface area contributed by atoms with Gasteiger partial charge in [-0.2, -0.15) is 11.8 Å². The molecule has 0 radical (unpaired) electrons. The first-order chi connectivity index (χ1) is 6.08. The third kappa shape index (κ3) is 2.75. The minimum atomic E-state index is 0.438. The molecule has 13 heavy (non-hydrogen) atoms. The van der Waals surface area contributed by atoms with E-state index in [4.69, 9.17) is 0 Å². The molecule has 1 aliphatic rings. The van der Waals surface area contributed by atoms with Crippen LogP contribution < -0.4 is 5.32 Å². The Morgan fingerprint density at radius 3 is 2.77 bits per heavy atom. The van der Waals surface area contributed by atoms with Crippen LogP contribution in [0.5, 0.6) is 0 Å². The minimum absolute atomic E-state index is 0.438. The summed E-state index contributed by atoms with van der Waals surface area (Å²) in [4.78, 5) is 0. The Morgan fingerprint density at radius 1 is 1.69 bits per heavy atom. The molecule has 2 atom stereocenters. The van der Waals surface area contributed by atoms with Gasteiger partial charge >= 0.3 is 0 Å². The van der Waals surface area contributed by atoms with Crippen molar-refractivity contribution in [3.05, 3.63) is 12.2 Å². The fourth-order valence-corrected chi connectivity index (χ4v) is 3.49. The molecule has 1 saturated heterocycles. The monoisotopic (exact) mass is 199 g/mol. The van der Waals surface area contributed by atoms with Crippen LogP contribution in [0, 0.1) is 0 Å². The lowest BCUT2D eigenvalue weighted by Crippen LogP contribution is -2.43. The molecular formula is C11H21NS. The molecule has 1 N–H and O–H groups in total. The van der Waals surface area contributed by atoms with Gasteiger partial charge in [0, 0.05) is 10.8 Å². The van der Waals surface area contributed by atoms with Crippen molar-refractivity contribution in [1.82, 2.24) is 5.32 Å². The van der Waals surface area contributed by atoms with Crippen LogP contribution in [0.4, 0.5) is 0 Å². The molecule has 0 amide bonds. The van der Waals surface area contributed by atoms with Gasteiger partial charge in [-0.3, -0.25) is 0 Å². The zero-order chi connectivity index (χ0) is 9.90. The molecule has 1 nitrogen and oxygen atoms in total. The SMILES string of the molecule is C=C(C)CC(NC)C1(C)CCCS1. The molecule has 1 rings (SSSR count). The number of hydrogen-bond donors (Lipinski definition) is 1. The first kappa shape index (κ1) is 11.1. The van der Waals surface area contributed by atoms with Crippen LogP contribution in [0.1, 0.15) is 33.1 Å². The summed E-state index contributed by atoms with van der Waals surface area (Å²) in [5.41, 5.74) is 1.29. The maximum Gasteiger partial charge on any atom is 0.0288 e. The van der Waals surface area contributed by atoms with Crippen LogP contribution in [-0.2, 0) is 0 Å². The summed E-state index contributed by atoms with van der Waals surface area (Å²) in [5, 5.41) is 3.43. The molecule has 0 aromatic heterocycles. The minimum Gasteiger partial charge on any atom is -0.315 e. The summed E-state index contributed by atoms with van der Waals surface area (Å²) < 4.78 is 0.438. The normalized spacial score (nSPS) is 30.4. The topological polar surface area (TPSA) is 12.0 Å². The van der Waals surface area contributed by atoms with Crippen LogP contribution in [0.2, 0.25) is 0 Å². The van der Waals surface area contributed by atoms with E-state index in [1.54, 1.807) is 0 Å². The maximum atomic E-state index is 4.00. The molecule has 0 aromatic rings. The van der Waals surface area contributed by atoms with Gasteiger partial charge in [-0.25, -0.2) is 0 Å². The lowest BCUT2D eigenvalue weighted by atomic mass is 9.91. The van der Waals surface area contributed by atoms with E-state index in [0.717, 1.165) is 6.42 Å². The lowest BCUT2D eigenvalue weighted by molar-refractivity contribution is 0.423. The van der Waals surface area contributed by atoms with E-state index in [9.17, 15) is 0 Å². The second kappa shape index (κ2) is 4.52. The fraction of sp³-hybridized carbons (Fsp3) is 0.818. The van der Waals surface area contributed by atoms with E-state index in [1.165, 1.54) is 24.2 Å². The zero-order valence-electron chi connectivity index (χ0n) is 9.02. The van der Waals surface area contributed by atoms with Gasteiger partial charge in [0.15, 0.2) is 0 Å². The first-order valence-electron chi connectivity index (χ1n) is 5.04. The molecule has 1 aliphatic heterocycles. The van der Waals surface area contributed by atoms with Crippen molar-refractivity contribution >= 4 is 11.8 Å². The quantitative estimate of drug-likeness (QED) is 0.699. The second-order valence-electron chi connectivity index (χ2n) is 4.27. The molecule has 0 aromatic carbocycles. The van der Waals surface area contributed by atoms with Crippen molar-refractivity contribution in [2.24, 2.45) is 0 Å². The molecule has 0 bridgehead atoms. The van der Waals surface area contributed by atoms with Gasteiger partial charge in [0.25, 0.3) is 0 Å². The van der Waals surface area contributed by atoms with Crippen LogP contribution in [0.3, 0.4) is 0 Å². The molecule has 0 saturated carbocycles.